The quantitative estimate of drug-likeness (QED) is 0.822. The Kier molecular flexibility index (Phi) is 3.32. The van der Waals surface area contributed by atoms with E-state index in [-0.39, 0.29) is 5.60 Å². The second-order valence-electron chi connectivity index (χ2n) is 5.88. The Hall–Kier alpha value is -1.58. The molecule has 3 heteroatoms. The Morgan fingerprint density at radius 3 is 2.71 bits per heavy atom. The van der Waals surface area contributed by atoms with Crippen molar-refractivity contribution in [2.45, 2.75) is 25.0 Å². The van der Waals surface area contributed by atoms with Crippen LogP contribution in [0.4, 0.5) is 0 Å². The van der Waals surface area contributed by atoms with E-state index in [1.54, 1.807) is 0 Å². The molecule has 0 saturated carbocycles. The largest absolute Gasteiger partial charge is 0.490 e. The highest BCUT2D eigenvalue weighted by atomic mass is 32.1. The van der Waals surface area contributed by atoms with Crippen molar-refractivity contribution in [3.63, 3.8) is 0 Å². The number of hydrogen-bond acceptors (Lipinski definition) is 3. The maximum atomic E-state index is 6.09. The van der Waals surface area contributed by atoms with Crippen LogP contribution in [0.15, 0.2) is 48.0 Å². The average Bonchev–Trinajstić information content (AvgIpc) is 3.01. The summed E-state index contributed by atoms with van der Waals surface area (Å²) in [6.07, 6.45) is 6.15. The van der Waals surface area contributed by atoms with Crippen molar-refractivity contribution in [2.24, 2.45) is 0 Å². The van der Waals surface area contributed by atoms with Crippen molar-refractivity contribution in [1.29, 1.82) is 0 Å². The SMILES string of the molecule is C1=Cc2sccc2C2(CCN(Cc3ccccc3)CC2)O1. The molecule has 2 aliphatic rings. The van der Waals surface area contributed by atoms with Crippen LogP contribution >= 0.6 is 11.3 Å². The Morgan fingerprint density at radius 1 is 1.10 bits per heavy atom. The zero-order chi connectivity index (χ0) is 14.1. The normalized spacial score (nSPS) is 20.2. The Morgan fingerprint density at radius 2 is 1.90 bits per heavy atom. The highest BCUT2D eigenvalue weighted by Gasteiger charge is 2.40. The molecule has 0 unspecified atom stereocenters. The molecule has 4 rings (SSSR count). The molecule has 108 valence electrons. The van der Waals surface area contributed by atoms with Crippen LogP contribution in [0.2, 0.25) is 0 Å². The molecule has 1 aromatic heterocycles. The number of hydrogen-bond donors (Lipinski definition) is 0. The zero-order valence-electron chi connectivity index (χ0n) is 12.0. The smallest absolute Gasteiger partial charge is 0.137 e. The third-order valence-electron chi connectivity index (χ3n) is 4.61. The number of benzene rings is 1. The lowest BCUT2D eigenvalue weighted by atomic mass is 9.83. The van der Waals surface area contributed by atoms with E-state index in [1.165, 1.54) is 16.0 Å². The van der Waals surface area contributed by atoms with Crippen molar-refractivity contribution in [2.75, 3.05) is 13.1 Å². The van der Waals surface area contributed by atoms with Gasteiger partial charge in [0, 0.05) is 42.9 Å². The summed E-state index contributed by atoms with van der Waals surface area (Å²) in [6.45, 7) is 3.24. The topological polar surface area (TPSA) is 12.5 Å². The molecule has 0 amide bonds. The van der Waals surface area contributed by atoms with Gasteiger partial charge in [0.15, 0.2) is 0 Å². The fourth-order valence-corrected chi connectivity index (χ4v) is 4.28. The number of likely N-dealkylation sites (tertiary alicyclic amines) is 1. The van der Waals surface area contributed by atoms with E-state index >= 15 is 0 Å². The van der Waals surface area contributed by atoms with Crippen LogP contribution in [-0.4, -0.2) is 18.0 Å². The van der Waals surface area contributed by atoms with Gasteiger partial charge in [-0.25, -0.2) is 0 Å². The molecule has 1 aromatic carbocycles. The van der Waals surface area contributed by atoms with Crippen LogP contribution in [0.3, 0.4) is 0 Å². The minimum atomic E-state index is -0.0722. The third kappa shape index (κ3) is 2.41. The van der Waals surface area contributed by atoms with Gasteiger partial charge in [0.2, 0.25) is 0 Å². The predicted molar refractivity (Wildman–Crippen MR) is 87.1 cm³/mol. The summed E-state index contributed by atoms with van der Waals surface area (Å²) in [7, 11) is 0. The van der Waals surface area contributed by atoms with Gasteiger partial charge in [-0.3, -0.25) is 4.90 Å². The van der Waals surface area contributed by atoms with Gasteiger partial charge >= 0.3 is 0 Å². The van der Waals surface area contributed by atoms with Gasteiger partial charge in [-0.05, 0) is 23.1 Å². The molecule has 0 bridgehead atoms. The molecule has 0 aliphatic carbocycles. The van der Waals surface area contributed by atoms with Crippen LogP contribution in [0.5, 0.6) is 0 Å². The number of piperidine rings is 1. The first-order valence-electron chi connectivity index (χ1n) is 7.54. The van der Waals surface area contributed by atoms with Crippen LogP contribution < -0.4 is 0 Å². The summed E-state index contributed by atoms with van der Waals surface area (Å²) < 4.78 is 6.09. The van der Waals surface area contributed by atoms with E-state index in [4.69, 9.17) is 4.74 Å². The van der Waals surface area contributed by atoms with E-state index in [9.17, 15) is 0 Å². The fraction of sp³-hybridized carbons (Fsp3) is 0.333. The molecule has 3 heterocycles. The van der Waals surface area contributed by atoms with Gasteiger partial charge < -0.3 is 4.74 Å². The maximum Gasteiger partial charge on any atom is 0.137 e. The van der Waals surface area contributed by atoms with E-state index < -0.39 is 0 Å². The Balaban J connectivity index is 1.47. The molecule has 0 N–H and O–H groups in total. The number of ether oxygens (including phenoxy) is 1. The molecule has 2 nitrogen and oxygen atoms in total. The number of nitrogens with zero attached hydrogens (tertiary/aromatic N) is 1. The van der Waals surface area contributed by atoms with Crippen molar-refractivity contribution in [3.05, 3.63) is 64.0 Å². The summed E-state index contributed by atoms with van der Waals surface area (Å²) in [6, 6.07) is 13.0. The van der Waals surface area contributed by atoms with Crippen LogP contribution in [0.25, 0.3) is 6.08 Å². The minimum Gasteiger partial charge on any atom is -0.490 e. The van der Waals surface area contributed by atoms with Gasteiger partial charge in [-0.15, -0.1) is 11.3 Å². The second-order valence-corrected chi connectivity index (χ2v) is 6.82. The fourth-order valence-electron chi connectivity index (χ4n) is 3.42. The predicted octanol–water partition coefficient (Wildman–Crippen LogP) is 4.24. The molecule has 0 radical (unpaired) electrons. The van der Waals surface area contributed by atoms with Crippen molar-refractivity contribution in [1.82, 2.24) is 4.90 Å². The van der Waals surface area contributed by atoms with Gasteiger partial charge in [0.25, 0.3) is 0 Å². The van der Waals surface area contributed by atoms with Gasteiger partial charge in [-0.1, -0.05) is 30.3 Å². The van der Waals surface area contributed by atoms with Crippen LogP contribution in [0.1, 0.15) is 28.8 Å². The highest BCUT2D eigenvalue weighted by Crippen LogP contribution is 2.43. The maximum absolute atomic E-state index is 6.09. The summed E-state index contributed by atoms with van der Waals surface area (Å²) in [5.41, 5.74) is 2.72. The Bertz CT molecular complexity index is 638. The van der Waals surface area contributed by atoms with Crippen molar-refractivity contribution < 1.29 is 4.74 Å². The summed E-state index contributed by atoms with van der Waals surface area (Å²) in [4.78, 5) is 3.91. The average molecular weight is 297 g/mol. The van der Waals surface area contributed by atoms with Crippen LogP contribution in [0, 0.1) is 0 Å². The molecular formula is C18H19NOS. The van der Waals surface area contributed by atoms with E-state index in [1.807, 2.05) is 17.6 Å². The lowest BCUT2D eigenvalue weighted by molar-refractivity contribution is -0.0409. The zero-order valence-corrected chi connectivity index (χ0v) is 12.8. The molecule has 0 atom stereocenters. The van der Waals surface area contributed by atoms with E-state index in [2.05, 4.69) is 52.8 Å². The first-order chi connectivity index (χ1) is 10.4. The summed E-state index contributed by atoms with van der Waals surface area (Å²) in [5.74, 6) is 0. The van der Waals surface area contributed by atoms with E-state index in [0.29, 0.717) is 0 Å². The van der Waals surface area contributed by atoms with Gasteiger partial charge in [-0.2, -0.15) is 0 Å². The minimum absolute atomic E-state index is 0.0722. The first-order valence-corrected chi connectivity index (χ1v) is 8.42. The van der Waals surface area contributed by atoms with Gasteiger partial charge in [0.05, 0.1) is 6.26 Å². The van der Waals surface area contributed by atoms with Gasteiger partial charge in [0.1, 0.15) is 5.60 Å². The third-order valence-corrected chi connectivity index (χ3v) is 5.49. The molecular weight excluding hydrogens is 278 g/mol. The van der Waals surface area contributed by atoms with E-state index in [0.717, 1.165) is 32.5 Å². The second kappa shape index (κ2) is 5.32. The van der Waals surface area contributed by atoms with Crippen molar-refractivity contribution in [3.8, 4) is 0 Å². The summed E-state index contributed by atoms with van der Waals surface area (Å²) >= 11 is 1.82. The molecule has 1 fully saturated rings. The molecule has 2 aromatic rings. The summed E-state index contributed by atoms with van der Waals surface area (Å²) in [5, 5.41) is 2.18. The standard InChI is InChI=1S/C18H19NOS/c1-2-4-15(5-3-1)14-19-10-8-18(9-11-19)16-7-13-21-17(16)6-12-20-18/h1-7,12-13H,8-11,14H2. The number of thiophene rings is 1. The Labute approximate surface area is 129 Å². The number of fused-ring (bicyclic) bond motifs is 2. The molecule has 1 spiro atoms. The lowest BCUT2D eigenvalue weighted by Gasteiger charge is -2.42. The first kappa shape index (κ1) is 13.1. The van der Waals surface area contributed by atoms with Crippen molar-refractivity contribution >= 4 is 17.4 Å². The molecule has 2 aliphatic heterocycles. The lowest BCUT2D eigenvalue weighted by Crippen LogP contribution is -2.43. The molecule has 21 heavy (non-hydrogen) atoms. The monoisotopic (exact) mass is 297 g/mol. The van der Waals surface area contributed by atoms with Crippen LogP contribution in [-0.2, 0) is 16.9 Å². The number of rotatable bonds is 2. The molecule has 1 saturated heterocycles. The highest BCUT2D eigenvalue weighted by molar-refractivity contribution is 7.11.